The normalized spacial score (nSPS) is 9.50. The Balaban J connectivity index is 2.89. The largest absolute Gasteiger partial charge is 0.294 e. The average molecular weight is 161 g/mol. The summed E-state index contributed by atoms with van der Waals surface area (Å²) < 4.78 is 0. The van der Waals surface area contributed by atoms with Crippen LogP contribution in [0.4, 0.5) is 10.7 Å². The molecule has 0 aliphatic rings. The predicted octanol–water partition coefficient (Wildman–Crippen LogP) is 0.510. The van der Waals surface area contributed by atoms with E-state index in [1.807, 2.05) is 6.92 Å². The number of carbonyl (C=O) groups excluding carboxylic acids is 1. The average Bonchev–Trinajstić information content (AvgIpc) is 2.04. The fraction of sp³-hybridized carbons (Fsp3) is 0.286. The maximum absolute atomic E-state index is 10.7. The van der Waals surface area contributed by atoms with E-state index >= 15 is 0 Å². The molecule has 1 heterocycles. The van der Waals surface area contributed by atoms with Crippen LogP contribution in [0.2, 0.25) is 0 Å². The Morgan fingerprint density at radius 3 is 2.42 bits per heavy atom. The Kier molecular flexibility index (Phi) is 2.42. The second-order valence-electron chi connectivity index (χ2n) is 2.46. The second-order valence-corrected chi connectivity index (χ2v) is 2.46. The summed E-state index contributed by atoms with van der Waals surface area (Å²) in [4.78, 5) is 19.7. The molecule has 4 nitrogen and oxygen atoms in total. The Morgan fingerprint density at radius 1 is 1.50 bits per heavy atom. The van der Waals surface area contributed by atoms with Crippen LogP contribution in [0.1, 0.15) is 5.56 Å². The minimum Gasteiger partial charge on any atom is -0.294 e. The van der Waals surface area contributed by atoms with Crippen LogP contribution in [0, 0.1) is 6.92 Å². The summed E-state index contributed by atoms with van der Waals surface area (Å²) in [6.07, 6.45) is 3.25. The number of hydrogen-bond acceptors (Lipinski definition) is 3. The van der Waals surface area contributed by atoms with Gasteiger partial charge in [-0.25, -0.2) is 9.97 Å². The quantitative estimate of drug-likeness (QED) is 0.563. The molecule has 60 valence electrons. The van der Waals surface area contributed by atoms with E-state index in [0.29, 0.717) is 5.95 Å². The Hall–Kier alpha value is -1.39. The zero-order chi connectivity index (χ0) is 9.14. The van der Waals surface area contributed by atoms with Crippen molar-refractivity contribution in [1.82, 2.24) is 9.97 Å². The van der Waals surface area contributed by atoms with E-state index in [0.717, 1.165) is 5.56 Å². The molecule has 0 saturated carbocycles. The number of rotatable bonds is 1. The molecule has 0 unspecified atom stereocenters. The zero-order valence-electron chi connectivity index (χ0n) is 6.98. The maximum Gasteiger partial charge on any atom is 0.231 e. The Labute approximate surface area is 72.0 Å². The van der Waals surface area contributed by atoms with Gasteiger partial charge in [-0.2, -0.15) is 0 Å². The second kappa shape index (κ2) is 3.34. The van der Waals surface area contributed by atoms with Crippen LogP contribution in [0.25, 0.3) is 0 Å². The van der Waals surface area contributed by atoms with Crippen molar-refractivity contribution < 1.29 is 4.79 Å². The van der Waals surface area contributed by atoms with Crippen LogP contribution in [-0.4, -0.2) is 30.7 Å². The first-order chi connectivity index (χ1) is 5.61. The van der Waals surface area contributed by atoms with E-state index in [-0.39, 0.29) is 0 Å². The highest BCUT2D eigenvalue weighted by atomic mass is 16.1. The Bertz CT molecular complexity index is 285. The fourth-order valence-corrected chi connectivity index (χ4v) is 0.658. The standard InChI is InChI=1S/C7H8BN3O/c1-5-3-9-7(10-4-5)11(2)6(8)12/h3-4H,1-2H3. The molecular weight excluding hydrogens is 153 g/mol. The van der Waals surface area contributed by atoms with Gasteiger partial charge in [-0.3, -0.25) is 9.69 Å². The highest BCUT2D eigenvalue weighted by Crippen LogP contribution is 2.03. The predicted molar refractivity (Wildman–Crippen MR) is 46.3 cm³/mol. The third-order valence-electron chi connectivity index (χ3n) is 1.40. The van der Waals surface area contributed by atoms with Gasteiger partial charge in [-0.05, 0) is 12.5 Å². The summed E-state index contributed by atoms with van der Waals surface area (Å²) in [6, 6.07) is 0. The molecule has 0 aromatic carbocycles. The third kappa shape index (κ3) is 1.81. The van der Waals surface area contributed by atoms with Crippen molar-refractivity contribution in [3.05, 3.63) is 18.0 Å². The lowest BCUT2D eigenvalue weighted by Crippen LogP contribution is -2.26. The van der Waals surface area contributed by atoms with Crippen molar-refractivity contribution in [2.45, 2.75) is 6.92 Å². The number of amides is 1. The molecule has 0 N–H and O–H groups in total. The Morgan fingerprint density at radius 2 is 2.00 bits per heavy atom. The molecular formula is C7H8BN3O. The van der Waals surface area contributed by atoms with Crippen molar-refractivity contribution in [1.29, 1.82) is 0 Å². The zero-order valence-corrected chi connectivity index (χ0v) is 6.98. The minimum absolute atomic E-state index is 0.313. The minimum atomic E-state index is -0.571. The van der Waals surface area contributed by atoms with Gasteiger partial charge < -0.3 is 0 Å². The number of nitrogens with zero attached hydrogens (tertiary/aromatic N) is 3. The van der Waals surface area contributed by atoms with Gasteiger partial charge in [0.1, 0.15) is 0 Å². The molecule has 1 rings (SSSR count). The van der Waals surface area contributed by atoms with E-state index in [2.05, 4.69) is 9.97 Å². The summed E-state index contributed by atoms with van der Waals surface area (Å²) in [7, 11) is 6.53. The number of aryl methyl sites for hydroxylation is 1. The first-order valence-corrected chi connectivity index (χ1v) is 3.43. The van der Waals surface area contributed by atoms with E-state index < -0.39 is 5.81 Å². The summed E-state index contributed by atoms with van der Waals surface area (Å²) >= 11 is 0. The van der Waals surface area contributed by atoms with Crippen LogP contribution in [-0.2, 0) is 0 Å². The molecule has 0 fully saturated rings. The number of hydrogen-bond donors (Lipinski definition) is 0. The van der Waals surface area contributed by atoms with Gasteiger partial charge in [0, 0.05) is 19.4 Å². The molecule has 0 spiro atoms. The number of carbonyl (C=O) groups is 1. The molecule has 0 saturated heterocycles. The van der Waals surface area contributed by atoms with Gasteiger partial charge >= 0.3 is 0 Å². The highest BCUT2D eigenvalue weighted by molar-refractivity contribution is 6.60. The molecule has 0 aliphatic carbocycles. The van der Waals surface area contributed by atoms with Gasteiger partial charge in [0.05, 0.1) is 0 Å². The summed E-state index contributed by atoms with van der Waals surface area (Å²) in [6.45, 7) is 1.87. The molecule has 1 aromatic rings. The van der Waals surface area contributed by atoms with Crippen molar-refractivity contribution >= 4 is 19.6 Å². The SMILES string of the molecule is [B]C(=O)N(C)c1ncc(C)cn1. The molecule has 0 aliphatic heterocycles. The molecule has 2 radical (unpaired) electrons. The lowest BCUT2D eigenvalue weighted by atomic mass is 10.1. The van der Waals surface area contributed by atoms with E-state index in [1.54, 1.807) is 12.4 Å². The monoisotopic (exact) mass is 161 g/mol. The van der Waals surface area contributed by atoms with E-state index in [1.165, 1.54) is 11.9 Å². The smallest absolute Gasteiger partial charge is 0.231 e. The van der Waals surface area contributed by atoms with Crippen LogP contribution in [0.5, 0.6) is 0 Å². The van der Waals surface area contributed by atoms with Crippen molar-refractivity contribution in [2.75, 3.05) is 11.9 Å². The first-order valence-electron chi connectivity index (χ1n) is 3.43. The summed E-state index contributed by atoms with van der Waals surface area (Å²) in [5.41, 5.74) is 0.941. The first kappa shape index (κ1) is 8.71. The third-order valence-corrected chi connectivity index (χ3v) is 1.40. The highest BCUT2D eigenvalue weighted by Gasteiger charge is 2.06. The van der Waals surface area contributed by atoms with Gasteiger partial charge in [0.15, 0.2) is 5.81 Å². The van der Waals surface area contributed by atoms with Gasteiger partial charge in [-0.1, -0.05) is 0 Å². The topological polar surface area (TPSA) is 46.1 Å². The number of anilines is 1. The van der Waals surface area contributed by atoms with Crippen molar-refractivity contribution in [3.63, 3.8) is 0 Å². The van der Waals surface area contributed by atoms with Gasteiger partial charge in [0.25, 0.3) is 0 Å². The summed E-state index contributed by atoms with van der Waals surface area (Å²) in [5.74, 6) is -0.257. The molecule has 1 amide bonds. The lowest BCUT2D eigenvalue weighted by molar-refractivity contribution is 0.265. The molecule has 1 aromatic heterocycles. The van der Waals surface area contributed by atoms with Crippen LogP contribution >= 0.6 is 0 Å². The van der Waals surface area contributed by atoms with Crippen LogP contribution in [0.3, 0.4) is 0 Å². The molecule has 5 heteroatoms. The molecule has 12 heavy (non-hydrogen) atoms. The molecule has 0 bridgehead atoms. The fourth-order valence-electron chi connectivity index (χ4n) is 0.658. The van der Waals surface area contributed by atoms with Crippen molar-refractivity contribution in [3.8, 4) is 0 Å². The van der Waals surface area contributed by atoms with E-state index in [9.17, 15) is 4.79 Å². The number of aromatic nitrogens is 2. The van der Waals surface area contributed by atoms with Crippen molar-refractivity contribution in [2.24, 2.45) is 0 Å². The molecule has 0 atom stereocenters. The maximum atomic E-state index is 10.7. The van der Waals surface area contributed by atoms with Crippen LogP contribution in [0.15, 0.2) is 12.4 Å². The van der Waals surface area contributed by atoms with E-state index in [4.69, 9.17) is 7.85 Å². The van der Waals surface area contributed by atoms with Gasteiger partial charge in [0.2, 0.25) is 13.8 Å². The lowest BCUT2D eigenvalue weighted by Gasteiger charge is -2.12. The summed E-state index contributed by atoms with van der Waals surface area (Å²) in [5, 5.41) is 0. The van der Waals surface area contributed by atoms with Gasteiger partial charge in [-0.15, -0.1) is 0 Å². The van der Waals surface area contributed by atoms with Crippen LogP contribution < -0.4 is 4.90 Å².